The van der Waals surface area contributed by atoms with Gasteiger partial charge in [-0.1, -0.05) is 23.4 Å². The van der Waals surface area contributed by atoms with Crippen LogP contribution >= 0.6 is 0 Å². The van der Waals surface area contributed by atoms with Gasteiger partial charge in [-0.15, -0.1) is 0 Å². The molecule has 1 saturated carbocycles. The minimum atomic E-state index is -0.829. The number of benzene rings is 2. The fourth-order valence-corrected chi connectivity index (χ4v) is 4.30. The summed E-state index contributed by atoms with van der Waals surface area (Å²) in [5.41, 5.74) is 1.82. The fourth-order valence-electron chi connectivity index (χ4n) is 4.30. The Bertz CT molecular complexity index is 1460. The molecule has 2 aromatic carbocycles. The van der Waals surface area contributed by atoms with Crippen LogP contribution in [0.25, 0.3) is 17.0 Å². The molecule has 2 heterocycles. The largest absolute Gasteiger partial charge is 0.493 e. The number of rotatable bonds is 7. The zero-order chi connectivity index (χ0) is 24.7. The van der Waals surface area contributed by atoms with Crippen LogP contribution < -0.4 is 20.3 Å². The van der Waals surface area contributed by atoms with E-state index in [9.17, 15) is 9.59 Å². The van der Waals surface area contributed by atoms with E-state index in [-0.39, 0.29) is 17.2 Å². The molecule has 9 nitrogen and oxygen atoms in total. The molecular weight excluding hydrogens is 448 g/mol. The Hall–Kier alpha value is -4.27. The monoisotopic (exact) mass is 474 g/mol. The van der Waals surface area contributed by atoms with Crippen molar-refractivity contribution in [2.24, 2.45) is 7.05 Å². The summed E-state index contributed by atoms with van der Waals surface area (Å²) in [6, 6.07) is 16.5. The summed E-state index contributed by atoms with van der Waals surface area (Å²) in [5, 5.41) is 7.09. The minimum Gasteiger partial charge on any atom is -0.493 e. The molecule has 9 heteroatoms. The third-order valence-electron chi connectivity index (χ3n) is 6.65. The molecule has 4 aromatic rings. The summed E-state index contributed by atoms with van der Waals surface area (Å²) >= 11 is 0. The Kier molecular flexibility index (Phi) is 5.47. The van der Waals surface area contributed by atoms with Gasteiger partial charge in [0, 0.05) is 18.7 Å². The van der Waals surface area contributed by atoms with Gasteiger partial charge in [-0.05, 0) is 50.1 Å². The molecule has 1 N–H and O–H groups in total. The van der Waals surface area contributed by atoms with Crippen LogP contribution in [0, 0.1) is 6.92 Å². The third kappa shape index (κ3) is 3.69. The second kappa shape index (κ2) is 8.50. The maximum atomic E-state index is 13.4. The molecule has 35 heavy (non-hydrogen) atoms. The first-order valence-electron chi connectivity index (χ1n) is 11.2. The molecule has 0 bridgehead atoms. The molecule has 5 rings (SSSR count). The van der Waals surface area contributed by atoms with E-state index in [1.807, 2.05) is 36.4 Å². The Morgan fingerprint density at radius 1 is 1.06 bits per heavy atom. The lowest BCUT2D eigenvalue weighted by molar-refractivity contribution is -0.118. The van der Waals surface area contributed by atoms with Gasteiger partial charge in [0.2, 0.25) is 5.91 Å². The van der Waals surface area contributed by atoms with Gasteiger partial charge in [0.25, 0.3) is 5.56 Å². The summed E-state index contributed by atoms with van der Waals surface area (Å²) in [6.45, 7) is 1.81. The van der Waals surface area contributed by atoms with Crippen molar-refractivity contribution < 1.29 is 18.8 Å². The molecular formula is C26H26N4O5. The fraction of sp³-hybridized carbons (Fsp3) is 0.269. The molecule has 0 spiro atoms. The van der Waals surface area contributed by atoms with E-state index in [4.69, 9.17) is 14.0 Å². The molecule has 1 aliphatic rings. The van der Waals surface area contributed by atoms with E-state index in [1.165, 1.54) is 4.68 Å². The standard InChI is InChI=1S/C26H26N4O5/c1-16-23(24(31)30(29(16)2)18-8-6-5-7-9-18)27-25(32)26(12-13-26)22-15-20(35-28-22)17-10-11-19(33-3)21(14-17)34-4/h5-11,14-15H,12-13H2,1-4H3,(H,27,32). The lowest BCUT2D eigenvalue weighted by Crippen LogP contribution is -2.31. The van der Waals surface area contributed by atoms with Crippen LogP contribution in [0.1, 0.15) is 24.2 Å². The highest BCUT2D eigenvalue weighted by Crippen LogP contribution is 2.49. The number of para-hydroxylation sites is 1. The second-order valence-electron chi connectivity index (χ2n) is 8.62. The molecule has 2 aromatic heterocycles. The van der Waals surface area contributed by atoms with Crippen molar-refractivity contribution in [3.63, 3.8) is 0 Å². The molecule has 0 aliphatic heterocycles. The maximum Gasteiger partial charge on any atom is 0.295 e. The number of carbonyl (C=O) groups excluding carboxylic acids is 1. The van der Waals surface area contributed by atoms with Crippen LogP contribution in [-0.2, 0) is 17.3 Å². The van der Waals surface area contributed by atoms with E-state index < -0.39 is 5.41 Å². The highest BCUT2D eigenvalue weighted by Gasteiger charge is 2.54. The number of hydrogen-bond donors (Lipinski definition) is 1. The summed E-state index contributed by atoms with van der Waals surface area (Å²) < 4.78 is 19.5. The number of aromatic nitrogens is 3. The Morgan fingerprint density at radius 2 is 1.77 bits per heavy atom. The van der Waals surface area contributed by atoms with Crippen LogP contribution in [0.5, 0.6) is 11.5 Å². The van der Waals surface area contributed by atoms with Crippen molar-refractivity contribution in [3.05, 3.63) is 76.3 Å². The van der Waals surface area contributed by atoms with E-state index in [0.29, 0.717) is 41.5 Å². The van der Waals surface area contributed by atoms with Gasteiger partial charge < -0.3 is 19.3 Å². The molecule has 180 valence electrons. The first-order chi connectivity index (χ1) is 16.9. The second-order valence-corrected chi connectivity index (χ2v) is 8.62. The van der Waals surface area contributed by atoms with Crippen LogP contribution in [0.2, 0.25) is 0 Å². The average Bonchev–Trinajstić information content (AvgIpc) is 3.50. The van der Waals surface area contributed by atoms with Crippen LogP contribution in [0.4, 0.5) is 5.69 Å². The lowest BCUT2D eigenvalue weighted by Gasteiger charge is -2.11. The number of methoxy groups -OCH3 is 2. The van der Waals surface area contributed by atoms with Crippen LogP contribution in [0.3, 0.4) is 0 Å². The Balaban J connectivity index is 1.43. The number of nitrogens with one attached hydrogen (secondary N) is 1. The number of hydrogen-bond acceptors (Lipinski definition) is 6. The van der Waals surface area contributed by atoms with Gasteiger partial charge >= 0.3 is 0 Å². The van der Waals surface area contributed by atoms with Crippen molar-refractivity contribution >= 4 is 11.6 Å². The highest BCUT2D eigenvalue weighted by atomic mass is 16.5. The van der Waals surface area contributed by atoms with Gasteiger partial charge in [0.1, 0.15) is 5.69 Å². The van der Waals surface area contributed by atoms with Crippen molar-refractivity contribution in [2.75, 3.05) is 19.5 Å². The summed E-state index contributed by atoms with van der Waals surface area (Å²) in [6.07, 6.45) is 1.24. The normalized spacial score (nSPS) is 13.9. The maximum absolute atomic E-state index is 13.4. The first kappa shape index (κ1) is 22.5. The SMILES string of the molecule is COc1ccc(-c2cc(C3(C(=O)Nc4c(C)n(C)n(-c5ccccc5)c4=O)CC3)no2)cc1OC. The topological polar surface area (TPSA) is 101 Å². The van der Waals surface area contributed by atoms with Gasteiger partial charge in [0.05, 0.1) is 36.7 Å². The molecule has 0 radical (unpaired) electrons. The Labute approximate surface area is 201 Å². The van der Waals surface area contributed by atoms with Gasteiger partial charge in [-0.25, -0.2) is 4.68 Å². The highest BCUT2D eigenvalue weighted by molar-refractivity contribution is 6.01. The molecule has 1 aliphatic carbocycles. The van der Waals surface area contributed by atoms with E-state index in [0.717, 1.165) is 11.3 Å². The smallest absolute Gasteiger partial charge is 0.295 e. The minimum absolute atomic E-state index is 0.260. The van der Waals surface area contributed by atoms with Crippen molar-refractivity contribution in [1.29, 1.82) is 0 Å². The number of amides is 1. The van der Waals surface area contributed by atoms with Crippen LogP contribution in [-0.4, -0.2) is 34.6 Å². The van der Waals surface area contributed by atoms with Gasteiger partial charge in [-0.2, -0.15) is 0 Å². The molecule has 0 atom stereocenters. The van der Waals surface area contributed by atoms with Gasteiger partial charge in [0.15, 0.2) is 17.3 Å². The summed E-state index contributed by atoms with van der Waals surface area (Å²) in [4.78, 5) is 26.6. The Morgan fingerprint density at radius 3 is 2.43 bits per heavy atom. The number of anilines is 1. The van der Waals surface area contributed by atoms with Gasteiger partial charge in [-0.3, -0.25) is 14.3 Å². The van der Waals surface area contributed by atoms with Crippen LogP contribution in [0.15, 0.2) is 63.9 Å². The molecule has 1 fully saturated rings. The average molecular weight is 475 g/mol. The lowest BCUT2D eigenvalue weighted by atomic mass is 10.00. The summed E-state index contributed by atoms with van der Waals surface area (Å²) in [5.74, 6) is 1.42. The number of carbonyl (C=O) groups is 1. The zero-order valence-corrected chi connectivity index (χ0v) is 20.0. The molecule has 0 saturated heterocycles. The molecule has 0 unspecified atom stereocenters. The predicted molar refractivity (Wildman–Crippen MR) is 130 cm³/mol. The number of nitrogens with zero attached hydrogens (tertiary/aromatic N) is 3. The van der Waals surface area contributed by atoms with Crippen molar-refractivity contribution in [3.8, 4) is 28.5 Å². The van der Waals surface area contributed by atoms with Crippen molar-refractivity contribution in [2.45, 2.75) is 25.2 Å². The number of ether oxygens (including phenoxy) is 2. The first-order valence-corrected chi connectivity index (χ1v) is 11.2. The predicted octanol–water partition coefficient (Wildman–Crippen LogP) is 3.83. The quantitative estimate of drug-likeness (QED) is 0.437. The van der Waals surface area contributed by atoms with E-state index >= 15 is 0 Å². The third-order valence-corrected chi connectivity index (χ3v) is 6.65. The van der Waals surface area contributed by atoms with E-state index in [2.05, 4.69) is 10.5 Å². The summed E-state index contributed by atoms with van der Waals surface area (Å²) in [7, 11) is 4.93. The van der Waals surface area contributed by atoms with E-state index in [1.54, 1.807) is 51.1 Å². The zero-order valence-electron chi connectivity index (χ0n) is 20.0. The van der Waals surface area contributed by atoms with Crippen molar-refractivity contribution in [1.82, 2.24) is 14.5 Å². The molecule has 1 amide bonds.